The molecule has 84 valence electrons. The number of hydrogen-bond acceptors (Lipinski definition) is 4. The second kappa shape index (κ2) is 5.35. The van der Waals surface area contributed by atoms with Gasteiger partial charge >= 0.3 is 12.1 Å². The summed E-state index contributed by atoms with van der Waals surface area (Å²) in [5, 5.41) is 11.2. The van der Waals surface area contributed by atoms with Crippen LogP contribution >= 0.6 is 0 Å². The quantitative estimate of drug-likeness (QED) is 0.645. The molecule has 0 aliphatic carbocycles. The lowest BCUT2D eigenvalue weighted by molar-refractivity contribution is -0.142. The van der Waals surface area contributed by atoms with E-state index in [4.69, 9.17) is 9.84 Å². The predicted octanol–water partition coefficient (Wildman–Crippen LogP) is -0.00180. The number of carboxylic acids is 1. The van der Waals surface area contributed by atoms with E-state index in [0.717, 1.165) is 0 Å². The van der Waals surface area contributed by atoms with Crippen LogP contribution in [0.1, 0.15) is 0 Å². The number of amides is 1. The minimum atomic E-state index is -0.985. The molecule has 6 heteroatoms. The van der Waals surface area contributed by atoms with Crippen LogP contribution in [0.2, 0.25) is 0 Å². The van der Waals surface area contributed by atoms with Crippen molar-refractivity contribution in [2.24, 2.45) is 5.92 Å². The molecule has 0 saturated carbocycles. The molecule has 1 heterocycles. The lowest BCUT2D eigenvalue weighted by Crippen LogP contribution is -2.42. The van der Waals surface area contributed by atoms with Crippen LogP contribution in [0.4, 0.5) is 4.79 Å². The normalized spacial score (nSPS) is 24.5. The molecule has 1 fully saturated rings. The molecule has 1 saturated heterocycles. The zero-order chi connectivity index (χ0) is 11.3. The Balaban J connectivity index is 2.39. The van der Waals surface area contributed by atoms with E-state index in [1.165, 1.54) is 6.08 Å². The molecular formula is C9H13NO5. The minimum Gasteiger partial charge on any atom is -0.481 e. The third-order valence-corrected chi connectivity index (χ3v) is 2.03. The molecule has 15 heavy (non-hydrogen) atoms. The molecule has 1 rings (SSSR count). The first-order valence-corrected chi connectivity index (χ1v) is 4.50. The summed E-state index contributed by atoms with van der Waals surface area (Å²) >= 11 is 0. The van der Waals surface area contributed by atoms with Crippen LogP contribution < -0.4 is 5.32 Å². The molecule has 0 aromatic heterocycles. The van der Waals surface area contributed by atoms with Gasteiger partial charge in [-0.15, -0.1) is 0 Å². The zero-order valence-corrected chi connectivity index (χ0v) is 8.14. The fraction of sp³-hybridized carbons (Fsp3) is 0.556. The molecule has 0 unspecified atom stereocenters. The summed E-state index contributed by atoms with van der Waals surface area (Å²) in [7, 11) is 0. The Morgan fingerprint density at radius 3 is 2.93 bits per heavy atom. The molecule has 6 nitrogen and oxygen atoms in total. The van der Waals surface area contributed by atoms with E-state index >= 15 is 0 Å². The number of carbonyl (C=O) groups is 2. The van der Waals surface area contributed by atoms with Crippen molar-refractivity contribution >= 4 is 12.1 Å². The fourth-order valence-electron chi connectivity index (χ4n) is 1.27. The van der Waals surface area contributed by atoms with Gasteiger partial charge in [0.1, 0.15) is 12.5 Å². The number of alkyl carbamates (subject to hydrolysis) is 1. The Morgan fingerprint density at radius 2 is 2.33 bits per heavy atom. The number of carbonyl (C=O) groups excluding carboxylic acids is 1. The standard InChI is InChI=1S/C9H13NO5/c1-2-3-15-9(13)10-7-5-14-4-6(7)8(11)12/h2,6-7H,1,3-5H2,(H,10,13)(H,11,12)/t6-,7+/m1/s1. The first-order chi connectivity index (χ1) is 7.15. The van der Waals surface area contributed by atoms with Gasteiger partial charge in [-0.25, -0.2) is 4.79 Å². The lowest BCUT2D eigenvalue weighted by Gasteiger charge is -2.14. The van der Waals surface area contributed by atoms with E-state index in [2.05, 4.69) is 16.6 Å². The smallest absolute Gasteiger partial charge is 0.407 e. The minimum absolute atomic E-state index is 0.0944. The second-order valence-electron chi connectivity index (χ2n) is 3.12. The Hall–Kier alpha value is -1.56. The topological polar surface area (TPSA) is 84.9 Å². The summed E-state index contributed by atoms with van der Waals surface area (Å²) in [4.78, 5) is 21.8. The van der Waals surface area contributed by atoms with Crippen LogP contribution in [0.3, 0.4) is 0 Å². The number of rotatable bonds is 4. The predicted molar refractivity (Wildman–Crippen MR) is 50.4 cm³/mol. The van der Waals surface area contributed by atoms with E-state index in [0.29, 0.717) is 0 Å². The average molecular weight is 215 g/mol. The average Bonchev–Trinajstić information content (AvgIpc) is 2.62. The summed E-state index contributed by atoms with van der Waals surface area (Å²) in [5.41, 5.74) is 0. The van der Waals surface area contributed by atoms with Gasteiger partial charge in [-0.05, 0) is 0 Å². The van der Waals surface area contributed by atoms with Crippen molar-refractivity contribution in [2.45, 2.75) is 6.04 Å². The summed E-state index contributed by atoms with van der Waals surface area (Å²) in [5.74, 6) is -1.69. The number of ether oxygens (including phenoxy) is 2. The zero-order valence-electron chi connectivity index (χ0n) is 8.14. The number of aliphatic carboxylic acids is 1. The molecule has 1 aliphatic heterocycles. The monoisotopic (exact) mass is 215 g/mol. The summed E-state index contributed by atoms with van der Waals surface area (Å²) in [6.07, 6.45) is 0.774. The first-order valence-electron chi connectivity index (χ1n) is 4.50. The van der Waals surface area contributed by atoms with Crippen LogP contribution in [0.25, 0.3) is 0 Å². The number of nitrogens with one attached hydrogen (secondary N) is 1. The van der Waals surface area contributed by atoms with E-state index in [-0.39, 0.29) is 19.8 Å². The number of hydrogen-bond donors (Lipinski definition) is 2. The van der Waals surface area contributed by atoms with Crippen LogP contribution in [-0.4, -0.2) is 43.0 Å². The van der Waals surface area contributed by atoms with E-state index in [1.807, 2.05) is 0 Å². The molecule has 0 bridgehead atoms. The van der Waals surface area contributed by atoms with Crippen LogP contribution in [0.5, 0.6) is 0 Å². The highest BCUT2D eigenvalue weighted by atomic mass is 16.5. The van der Waals surface area contributed by atoms with Crippen molar-refractivity contribution < 1.29 is 24.2 Å². The van der Waals surface area contributed by atoms with Gasteiger partial charge in [-0.1, -0.05) is 12.7 Å². The van der Waals surface area contributed by atoms with Gasteiger partial charge in [0.25, 0.3) is 0 Å². The van der Waals surface area contributed by atoms with Crippen molar-refractivity contribution in [3.05, 3.63) is 12.7 Å². The van der Waals surface area contributed by atoms with Gasteiger partial charge in [0, 0.05) is 0 Å². The highest BCUT2D eigenvalue weighted by molar-refractivity contribution is 5.74. The van der Waals surface area contributed by atoms with Gasteiger partial charge in [0.05, 0.1) is 19.3 Å². The molecule has 2 atom stereocenters. The Morgan fingerprint density at radius 1 is 1.60 bits per heavy atom. The Labute approximate surface area is 86.9 Å². The highest BCUT2D eigenvalue weighted by Crippen LogP contribution is 2.13. The van der Waals surface area contributed by atoms with Gasteiger partial charge in [-0.3, -0.25) is 4.79 Å². The summed E-state index contributed by atoms with van der Waals surface area (Å²) in [6.45, 7) is 3.79. The molecular weight excluding hydrogens is 202 g/mol. The molecule has 0 spiro atoms. The van der Waals surface area contributed by atoms with Crippen LogP contribution in [0.15, 0.2) is 12.7 Å². The maximum absolute atomic E-state index is 11.1. The Kier molecular flexibility index (Phi) is 4.11. The van der Waals surface area contributed by atoms with Crippen molar-refractivity contribution in [3.8, 4) is 0 Å². The highest BCUT2D eigenvalue weighted by Gasteiger charge is 2.35. The third kappa shape index (κ3) is 3.25. The maximum atomic E-state index is 11.1. The van der Waals surface area contributed by atoms with Crippen molar-refractivity contribution in [2.75, 3.05) is 19.8 Å². The third-order valence-electron chi connectivity index (χ3n) is 2.03. The molecule has 1 amide bonds. The van der Waals surface area contributed by atoms with Gasteiger partial charge in [-0.2, -0.15) is 0 Å². The van der Waals surface area contributed by atoms with E-state index < -0.39 is 24.0 Å². The largest absolute Gasteiger partial charge is 0.481 e. The first kappa shape index (κ1) is 11.5. The summed E-state index contributed by atoms with van der Waals surface area (Å²) in [6, 6.07) is -0.528. The van der Waals surface area contributed by atoms with Gasteiger partial charge < -0.3 is 19.9 Å². The fourth-order valence-corrected chi connectivity index (χ4v) is 1.27. The SMILES string of the molecule is C=CCOC(=O)N[C@H]1COC[C@H]1C(=O)O. The van der Waals surface area contributed by atoms with Gasteiger partial charge in [0.15, 0.2) is 0 Å². The van der Waals surface area contributed by atoms with Crippen molar-refractivity contribution in [1.29, 1.82) is 0 Å². The van der Waals surface area contributed by atoms with E-state index in [1.54, 1.807) is 0 Å². The molecule has 0 aromatic carbocycles. The molecule has 2 N–H and O–H groups in total. The van der Waals surface area contributed by atoms with Crippen LogP contribution in [0, 0.1) is 5.92 Å². The van der Waals surface area contributed by atoms with E-state index in [9.17, 15) is 9.59 Å². The number of carboxylic acid groups (broad SMARTS) is 1. The molecule has 0 radical (unpaired) electrons. The molecule has 0 aromatic rings. The van der Waals surface area contributed by atoms with Crippen molar-refractivity contribution in [1.82, 2.24) is 5.32 Å². The second-order valence-corrected chi connectivity index (χ2v) is 3.12. The van der Waals surface area contributed by atoms with Gasteiger partial charge in [0.2, 0.25) is 0 Å². The van der Waals surface area contributed by atoms with Crippen LogP contribution in [-0.2, 0) is 14.3 Å². The lowest BCUT2D eigenvalue weighted by atomic mass is 10.1. The molecule has 1 aliphatic rings. The van der Waals surface area contributed by atoms with Crippen molar-refractivity contribution in [3.63, 3.8) is 0 Å². The summed E-state index contributed by atoms with van der Waals surface area (Å²) < 4.78 is 9.63. The Bertz CT molecular complexity index is 265. The maximum Gasteiger partial charge on any atom is 0.407 e.